The van der Waals surface area contributed by atoms with Crippen LogP contribution in [0.5, 0.6) is 0 Å². The van der Waals surface area contributed by atoms with E-state index in [1.165, 1.54) is 6.92 Å². The zero-order valence-corrected chi connectivity index (χ0v) is 6.99. The fourth-order valence-electron chi connectivity index (χ4n) is 1.22. The minimum atomic E-state index is -0.850. The molecule has 0 aromatic carbocycles. The van der Waals surface area contributed by atoms with Crippen LogP contribution in [0.15, 0.2) is 0 Å². The third-order valence-electron chi connectivity index (χ3n) is 1.83. The molecule has 4 heteroatoms. The van der Waals surface area contributed by atoms with E-state index in [1.54, 1.807) is 6.92 Å². The molecule has 1 aliphatic heterocycles. The van der Waals surface area contributed by atoms with E-state index in [1.807, 2.05) is 0 Å². The molecule has 0 aromatic heterocycles. The van der Waals surface area contributed by atoms with E-state index in [2.05, 4.69) is 0 Å². The van der Waals surface area contributed by atoms with Crippen LogP contribution in [-0.4, -0.2) is 23.6 Å². The number of hydrogen-bond acceptors (Lipinski definition) is 4. The zero-order valence-electron chi connectivity index (χ0n) is 6.99. The first-order valence-electron chi connectivity index (χ1n) is 3.77. The van der Waals surface area contributed by atoms with Crippen molar-refractivity contribution in [3.63, 3.8) is 0 Å². The highest BCUT2D eigenvalue weighted by molar-refractivity contribution is 6.40. The highest BCUT2D eigenvalue weighted by Gasteiger charge is 2.38. The van der Waals surface area contributed by atoms with Gasteiger partial charge in [-0.05, 0) is 6.92 Å². The molecule has 0 spiro atoms. The molecule has 4 nitrogen and oxygen atoms in total. The van der Waals surface area contributed by atoms with Crippen molar-refractivity contribution in [2.75, 3.05) is 0 Å². The number of rotatable bonds is 2. The van der Waals surface area contributed by atoms with E-state index in [0.717, 1.165) is 0 Å². The molecule has 0 aromatic rings. The Kier molecular flexibility index (Phi) is 2.26. The summed E-state index contributed by atoms with van der Waals surface area (Å²) in [7, 11) is 0. The Labute approximate surface area is 69.9 Å². The van der Waals surface area contributed by atoms with Crippen molar-refractivity contribution in [2.24, 2.45) is 5.92 Å². The predicted octanol–water partition coefficient (Wildman–Crippen LogP) is 0.0961. The summed E-state index contributed by atoms with van der Waals surface area (Å²) < 4.78 is 4.73. The molecule has 0 saturated carbocycles. The number of carbonyl (C=O) groups excluding carboxylic acids is 3. The summed E-state index contributed by atoms with van der Waals surface area (Å²) in [6, 6.07) is 0. The first-order chi connectivity index (χ1) is 5.52. The number of esters is 1. The average molecular weight is 170 g/mol. The smallest absolute Gasteiger partial charge is 0.317 e. The summed E-state index contributed by atoms with van der Waals surface area (Å²) in [4.78, 5) is 32.6. The van der Waals surface area contributed by atoms with Crippen molar-refractivity contribution in [1.29, 1.82) is 0 Å². The van der Waals surface area contributed by atoms with Gasteiger partial charge in [0.2, 0.25) is 5.78 Å². The Morgan fingerprint density at radius 3 is 2.42 bits per heavy atom. The van der Waals surface area contributed by atoms with Crippen molar-refractivity contribution >= 4 is 17.5 Å². The molecular weight excluding hydrogens is 160 g/mol. The number of hydrogen-bond donors (Lipinski definition) is 0. The van der Waals surface area contributed by atoms with Crippen molar-refractivity contribution in [3.05, 3.63) is 0 Å². The summed E-state index contributed by atoms with van der Waals surface area (Å²) in [5.41, 5.74) is 0. The molecule has 66 valence electrons. The first-order valence-corrected chi connectivity index (χ1v) is 3.77. The van der Waals surface area contributed by atoms with E-state index in [9.17, 15) is 14.4 Å². The van der Waals surface area contributed by atoms with Crippen molar-refractivity contribution in [2.45, 2.75) is 26.4 Å². The highest BCUT2D eigenvalue weighted by atomic mass is 16.5. The van der Waals surface area contributed by atoms with Crippen LogP contribution in [0.4, 0.5) is 0 Å². The first kappa shape index (κ1) is 8.90. The Bertz CT molecular complexity index is 243. The minimum absolute atomic E-state index is 0.245. The van der Waals surface area contributed by atoms with Gasteiger partial charge in [-0.3, -0.25) is 14.4 Å². The van der Waals surface area contributed by atoms with Gasteiger partial charge in [-0.15, -0.1) is 0 Å². The number of ketones is 2. The quantitative estimate of drug-likeness (QED) is 0.335. The van der Waals surface area contributed by atoms with Crippen molar-refractivity contribution in [1.82, 2.24) is 0 Å². The highest BCUT2D eigenvalue weighted by Crippen LogP contribution is 2.21. The fourth-order valence-corrected chi connectivity index (χ4v) is 1.22. The van der Waals surface area contributed by atoms with Crippen LogP contribution in [0.25, 0.3) is 0 Å². The minimum Gasteiger partial charge on any atom is -0.462 e. The summed E-state index contributed by atoms with van der Waals surface area (Å²) in [5, 5.41) is 0. The second kappa shape index (κ2) is 3.05. The number of carbonyl (C=O) groups is 3. The second-order valence-corrected chi connectivity index (χ2v) is 2.96. The van der Waals surface area contributed by atoms with Gasteiger partial charge >= 0.3 is 5.97 Å². The largest absolute Gasteiger partial charge is 0.462 e. The molecule has 12 heavy (non-hydrogen) atoms. The maximum absolute atomic E-state index is 11.1. The van der Waals surface area contributed by atoms with Crippen molar-refractivity contribution < 1.29 is 19.1 Å². The summed E-state index contributed by atoms with van der Waals surface area (Å²) in [6.07, 6.45) is 0.0860. The molecule has 0 amide bonds. The van der Waals surface area contributed by atoms with Crippen LogP contribution < -0.4 is 0 Å². The van der Waals surface area contributed by atoms with Crippen LogP contribution in [-0.2, 0) is 19.1 Å². The molecule has 0 aliphatic carbocycles. The Morgan fingerprint density at radius 2 is 2.08 bits per heavy atom. The Hall–Kier alpha value is -1.19. The van der Waals surface area contributed by atoms with Crippen LogP contribution >= 0.6 is 0 Å². The zero-order chi connectivity index (χ0) is 9.30. The van der Waals surface area contributed by atoms with Gasteiger partial charge in [-0.1, -0.05) is 0 Å². The molecule has 0 N–H and O–H groups in total. The Balaban J connectivity index is 2.71. The molecule has 1 saturated heterocycles. The molecule has 0 bridgehead atoms. The monoisotopic (exact) mass is 170 g/mol. The van der Waals surface area contributed by atoms with Crippen LogP contribution in [0.1, 0.15) is 20.3 Å². The molecule has 0 unspecified atom stereocenters. The molecule has 1 heterocycles. The van der Waals surface area contributed by atoms with Crippen LogP contribution in [0.3, 0.4) is 0 Å². The van der Waals surface area contributed by atoms with Gasteiger partial charge in [0.25, 0.3) is 0 Å². The summed E-state index contributed by atoms with van der Waals surface area (Å²) in [6.45, 7) is 2.86. The van der Waals surface area contributed by atoms with Gasteiger partial charge in [-0.25, -0.2) is 0 Å². The molecule has 0 radical (unpaired) electrons. The molecular formula is C8H10O4. The summed E-state index contributed by atoms with van der Waals surface area (Å²) in [5.74, 6) is -2.63. The van der Waals surface area contributed by atoms with E-state index in [-0.39, 0.29) is 6.10 Å². The standard InChI is InChI=1S/C8H10O4/c1-4-3-6(8(11)12-4)7(10)5(2)9/h4,6H,3H2,1-2H3/t4-,6-/m0/s1. The third-order valence-corrected chi connectivity index (χ3v) is 1.83. The Morgan fingerprint density at radius 1 is 1.50 bits per heavy atom. The SMILES string of the molecule is CC(=O)C(=O)[C@@H]1C[C@H](C)OC1=O. The maximum atomic E-state index is 11.1. The van der Waals surface area contributed by atoms with E-state index in [0.29, 0.717) is 6.42 Å². The lowest BCUT2D eigenvalue weighted by Crippen LogP contribution is -2.25. The average Bonchev–Trinajstić information content (AvgIpc) is 2.28. The lowest BCUT2D eigenvalue weighted by molar-refractivity contribution is -0.149. The van der Waals surface area contributed by atoms with Gasteiger partial charge in [0.05, 0.1) is 0 Å². The van der Waals surface area contributed by atoms with E-state index >= 15 is 0 Å². The number of cyclic esters (lactones) is 1. The topological polar surface area (TPSA) is 60.4 Å². The van der Waals surface area contributed by atoms with Crippen LogP contribution in [0.2, 0.25) is 0 Å². The lowest BCUT2D eigenvalue weighted by Gasteiger charge is -1.98. The van der Waals surface area contributed by atoms with Crippen LogP contribution in [0, 0.1) is 5.92 Å². The van der Waals surface area contributed by atoms with E-state index in [4.69, 9.17) is 4.74 Å². The maximum Gasteiger partial charge on any atom is 0.317 e. The van der Waals surface area contributed by atoms with Gasteiger partial charge in [-0.2, -0.15) is 0 Å². The normalized spacial score (nSPS) is 28.3. The molecule has 2 atom stereocenters. The molecule has 1 fully saturated rings. The number of Topliss-reactive ketones (excluding diaryl/α,β-unsaturated/α-hetero) is 2. The predicted molar refractivity (Wildman–Crippen MR) is 39.3 cm³/mol. The van der Waals surface area contributed by atoms with Gasteiger partial charge < -0.3 is 4.74 Å². The van der Waals surface area contributed by atoms with Gasteiger partial charge in [0.1, 0.15) is 12.0 Å². The summed E-state index contributed by atoms with van der Waals surface area (Å²) >= 11 is 0. The lowest BCUT2D eigenvalue weighted by atomic mass is 9.98. The van der Waals surface area contributed by atoms with E-state index < -0.39 is 23.5 Å². The second-order valence-electron chi connectivity index (χ2n) is 2.96. The third kappa shape index (κ3) is 1.52. The van der Waals surface area contributed by atoms with Crippen molar-refractivity contribution in [3.8, 4) is 0 Å². The van der Waals surface area contributed by atoms with Gasteiger partial charge in [0.15, 0.2) is 5.78 Å². The molecule has 1 rings (SSSR count). The molecule has 1 aliphatic rings. The van der Waals surface area contributed by atoms with Gasteiger partial charge in [0, 0.05) is 13.3 Å². The fraction of sp³-hybridized carbons (Fsp3) is 0.625. The number of ether oxygens (including phenoxy) is 1.